The Morgan fingerprint density at radius 3 is 1.63 bits per heavy atom. The normalized spacial score (nSPS) is 15.8. The first-order valence-electron chi connectivity index (χ1n) is 20.1. The van der Waals surface area contributed by atoms with Gasteiger partial charge in [0.2, 0.25) is 35.4 Å². The van der Waals surface area contributed by atoms with Crippen LogP contribution in [0.25, 0.3) is 0 Å². The first kappa shape index (κ1) is 49.4. The van der Waals surface area contributed by atoms with Crippen LogP contribution < -0.4 is 38.1 Å². The molecule has 1 aliphatic rings. The highest BCUT2D eigenvalue weighted by Crippen LogP contribution is 2.19. The number of aliphatic carboxylic acids is 2. The minimum Gasteiger partial charge on any atom is -0.508 e. The summed E-state index contributed by atoms with van der Waals surface area (Å²) >= 11 is 0. The van der Waals surface area contributed by atoms with Crippen molar-refractivity contribution in [1.29, 1.82) is 0 Å². The Kier molecular flexibility index (Phi) is 18.9. The van der Waals surface area contributed by atoms with Gasteiger partial charge in [-0.1, -0.05) is 38.1 Å². The average molecular weight is 868 g/mol. The number of nitrogens with zero attached hydrogens (tertiary/aromatic N) is 2. The van der Waals surface area contributed by atoms with Crippen LogP contribution in [-0.2, 0) is 51.2 Å². The number of hydrogen-bond acceptors (Lipinski definition) is 11. The number of carboxylic acid groups (broad SMARTS) is 2. The maximum atomic E-state index is 14.3. The maximum absolute atomic E-state index is 14.3. The first-order valence-corrected chi connectivity index (χ1v) is 20.1. The van der Waals surface area contributed by atoms with E-state index >= 15 is 0 Å². The van der Waals surface area contributed by atoms with Gasteiger partial charge >= 0.3 is 11.9 Å². The zero-order valence-corrected chi connectivity index (χ0v) is 34.8. The summed E-state index contributed by atoms with van der Waals surface area (Å²) in [6, 6.07) is 2.92. The quantitative estimate of drug-likeness (QED) is 0.0362. The van der Waals surface area contributed by atoms with E-state index in [1.165, 1.54) is 60.4 Å². The van der Waals surface area contributed by atoms with E-state index in [-0.39, 0.29) is 74.4 Å². The fraction of sp³-hybridized carbons (Fsp3) is 0.488. The molecule has 0 aliphatic carbocycles. The Balaban J connectivity index is 1.98. The summed E-state index contributed by atoms with van der Waals surface area (Å²) in [5.41, 5.74) is 11.7. The van der Waals surface area contributed by atoms with E-state index in [0.717, 1.165) is 0 Å². The molecular formula is C41H57N9O12. The summed E-state index contributed by atoms with van der Waals surface area (Å²) in [6.45, 7) is 5.17. The van der Waals surface area contributed by atoms with E-state index in [2.05, 4.69) is 31.6 Å². The molecule has 0 aromatic heterocycles. The van der Waals surface area contributed by atoms with Gasteiger partial charge in [-0.25, -0.2) is 4.79 Å². The Morgan fingerprint density at radius 2 is 1.18 bits per heavy atom. The van der Waals surface area contributed by atoms with Crippen LogP contribution in [0.4, 0.5) is 0 Å². The third-order valence-electron chi connectivity index (χ3n) is 9.89. The molecule has 62 heavy (non-hydrogen) atoms. The van der Waals surface area contributed by atoms with Crippen LogP contribution in [0.15, 0.2) is 53.5 Å². The van der Waals surface area contributed by atoms with Crippen molar-refractivity contribution in [2.24, 2.45) is 22.4 Å². The van der Waals surface area contributed by atoms with Crippen LogP contribution in [0, 0.1) is 5.92 Å². The topological polar surface area (TPSA) is 345 Å². The van der Waals surface area contributed by atoms with E-state index in [9.17, 15) is 58.8 Å². The number of likely N-dealkylation sites (tertiary alicyclic amines) is 1. The molecule has 0 unspecified atom stereocenters. The highest BCUT2D eigenvalue weighted by molar-refractivity contribution is 5.98. The second-order valence-electron chi connectivity index (χ2n) is 15.4. The van der Waals surface area contributed by atoms with Crippen molar-refractivity contribution in [3.05, 3.63) is 59.7 Å². The Morgan fingerprint density at radius 1 is 0.710 bits per heavy atom. The van der Waals surface area contributed by atoms with Crippen molar-refractivity contribution in [2.45, 2.75) is 108 Å². The van der Waals surface area contributed by atoms with Gasteiger partial charge in [0.05, 0.1) is 6.42 Å². The van der Waals surface area contributed by atoms with Gasteiger partial charge in [0.25, 0.3) is 0 Å². The lowest BCUT2D eigenvalue weighted by Crippen LogP contribution is -2.60. The number of carbonyl (C=O) groups is 8. The number of amides is 6. The number of aromatic hydroxyl groups is 2. The largest absolute Gasteiger partial charge is 0.508 e. The third-order valence-corrected chi connectivity index (χ3v) is 9.89. The number of rotatable bonds is 23. The molecule has 2 aromatic rings. The molecule has 21 heteroatoms. The van der Waals surface area contributed by atoms with E-state index in [1.807, 2.05) is 0 Å². The van der Waals surface area contributed by atoms with Gasteiger partial charge in [0.15, 0.2) is 5.96 Å². The van der Waals surface area contributed by atoms with Crippen molar-refractivity contribution >= 4 is 53.3 Å². The summed E-state index contributed by atoms with van der Waals surface area (Å²) in [4.78, 5) is 110. The Labute approximate surface area is 358 Å². The number of nitrogens with one attached hydrogen (secondary N) is 5. The molecule has 0 saturated carbocycles. The van der Waals surface area contributed by atoms with Crippen LogP contribution >= 0.6 is 0 Å². The predicted molar refractivity (Wildman–Crippen MR) is 223 cm³/mol. The van der Waals surface area contributed by atoms with Crippen molar-refractivity contribution in [1.82, 2.24) is 31.5 Å². The second kappa shape index (κ2) is 23.8. The minimum atomic E-state index is -1.70. The SMILES string of the molecule is CC(=O)N1CCC[C@H]1C(=O)N[C@@H](CC(=O)O)C(=O)N[C@@H](Cc1ccc(O)cc1)C(=O)N[C@@H](Cc1ccc(O)cc1)C(=O)N[C@@H](CCCN=C(N)N)C(=O)N[C@@H](CC(C)C)C(=O)O. The molecule has 338 valence electrons. The zero-order valence-electron chi connectivity index (χ0n) is 34.8. The average Bonchev–Trinajstić information content (AvgIpc) is 3.70. The number of nitrogens with two attached hydrogens (primary N) is 2. The highest BCUT2D eigenvalue weighted by atomic mass is 16.4. The van der Waals surface area contributed by atoms with Gasteiger partial charge in [-0.2, -0.15) is 0 Å². The van der Waals surface area contributed by atoms with Gasteiger partial charge in [0.1, 0.15) is 47.8 Å². The number of phenols is 2. The molecule has 13 N–H and O–H groups in total. The molecular weight excluding hydrogens is 811 g/mol. The molecule has 1 saturated heterocycles. The minimum absolute atomic E-state index is 0.0572. The Hall–Kier alpha value is -6.93. The monoisotopic (exact) mass is 867 g/mol. The van der Waals surface area contributed by atoms with Crippen molar-refractivity contribution in [3.63, 3.8) is 0 Å². The number of carbonyl (C=O) groups excluding carboxylic acids is 6. The zero-order chi connectivity index (χ0) is 46.1. The molecule has 6 atom stereocenters. The number of carboxylic acids is 2. The number of aliphatic imine (C=N–C) groups is 1. The summed E-state index contributed by atoms with van der Waals surface area (Å²) in [6.07, 6.45) is -0.419. The van der Waals surface area contributed by atoms with E-state index in [0.29, 0.717) is 24.1 Å². The fourth-order valence-corrected chi connectivity index (χ4v) is 6.78. The molecule has 1 heterocycles. The second-order valence-corrected chi connectivity index (χ2v) is 15.4. The number of guanidine groups is 1. The van der Waals surface area contributed by atoms with Gasteiger partial charge < -0.3 is 63.4 Å². The molecule has 0 radical (unpaired) electrons. The Bertz CT molecular complexity index is 1940. The van der Waals surface area contributed by atoms with Crippen LogP contribution in [0.5, 0.6) is 11.5 Å². The lowest BCUT2D eigenvalue weighted by atomic mass is 10.0. The van der Waals surface area contributed by atoms with Crippen LogP contribution in [0.1, 0.15) is 70.4 Å². The van der Waals surface area contributed by atoms with Crippen LogP contribution in [0.2, 0.25) is 0 Å². The van der Waals surface area contributed by atoms with Gasteiger partial charge in [-0.15, -0.1) is 0 Å². The molecule has 0 spiro atoms. The van der Waals surface area contributed by atoms with Crippen molar-refractivity contribution in [3.8, 4) is 11.5 Å². The number of hydrogen-bond donors (Lipinski definition) is 11. The molecule has 2 aromatic carbocycles. The van der Waals surface area contributed by atoms with E-state index in [4.69, 9.17) is 11.5 Å². The lowest BCUT2D eigenvalue weighted by molar-refractivity contribution is -0.143. The van der Waals surface area contributed by atoms with Crippen molar-refractivity contribution < 1.29 is 58.8 Å². The lowest BCUT2D eigenvalue weighted by Gasteiger charge is -2.28. The van der Waals surface area contributed by atoms with E-state index in [1.54, 1.807) is 13.8 Å². The standard InChI is InChI=1S/C41H57N9O12/c1-22(2)18-32(40(61)62)49-35(56)28(6-4-16-44-41(42)43)45-36(57)29(19-24-8-12-26(52)13-9-24)46-37(58)30(20-25-10-14-27(53)15-11-25)47-38(59)31(21-34(54)55)48-39(60)33-7-5-17-50(33)23(3)51/h8-15,22,28-33,52-53H,4-7,16-21H2,1-3H3,(H,45,57)(H,46,58)(H,47,59)(H,48,60)(H,49,56)(H,54,55)(H,61,62)(H4,42,43,44)/t28-,29-,30-,31-,32-,33-/m0/s1. The number of phenolic OH excluding ortho intramolecular Hbond substituents is 2. The summed E-state index contributed by atoms with van der Waals surface area (Å²) in [5.74, 6) is -8.19. The van der Waals surface area contributed by atoms with Gasteiger partial charge in [-0.3, -0.25) is 38.6 Å². The smallest absolute Gasteiger partial charge is 0.326 e. The predicted octanol–water partition coefficient (Wildman–Crippen LogP) is -1.02. The summed E-state index contributed by atoms with van der Waals surface area (Å²) in [7, 11) is 0. The molecule has 3 rings (SSSR count). The van der Waals surface area contributed by atoms with Gasteiger partial charge in [-0.05, 0) is 73.4 Å². The van der Waals surface area contributed by atoms with Crippen LogP contribution in [-0.4, -0.2) is 128 Å². The molecule has 21 nitrogen and oxygen atoms in total. The molecule has 6 amide bonds. The first-order chi connectivity index (χ1) is 29.2. The maximum Gasteiger partial charge on any atom is 0.326 e. The third kappa shape index (κ3) is 16.3. The number of benzene rings is 2. The molecule has 1 fully saturated rings. The van der Waals surface area contributed by atoms with Crippen molar-refractivity contribution in [2.75, 3.05) is 13.1 Å². The fourth-order valence-electron chi connectivity index (χ4n) is 6.78. The highest BCUT2D eigenvalue weighted by Gasteiger charge is 2.37. The van der Waals surface area contributed by atoms with Gasteiger partial charge in [0, 0.05) is 32.9 Å². The van der Waals surface area contributed by atoms with E-state index < -0.39 is 84.1 Å². The summed E-state index contributed by atoms with van der Waals surface area (Å²) < 4.78 is 0. The van der Waals surface area contributed by atoms with Crippen LogP contribution in [0.3, 0.4) is 0 Å². The molecule has 1 aliphatic heterocycles. The summed E-state index contributed by atoms with van der Waals surface area (Å²) in [5, 5.41) is 51.8. The molecule has 0 bridgehead atoms.